The first-order valence-electron chi connectivity index (χ1n) is 6.52. The maximum atomic E-state index is 13.2. The Morgan fingerprint density at radius 2 is 2.16 bits per heavy atom. The number of halogens is 1. The Bertz CT molecular complexity index is 457. The van der Waals surface area contributed by atoms with Gasteiger partial charge in [-0.25, -0.2) is 4.39 Å². The number of rotatable bonds is 3. The molecule has 1 fully saturated rings. The molecule has 2 rings (SSSR count). The van der Waals surface area contributed by atoms with Gasteiger partial charge in [0.25, 0.3) is 0 Å². The van der Waals surface area contributed by atoms with Gasteiger partial charge in [0.15, 0.2) is 11.6 Å². The molecule has 1 aliphatic heterocycles. The Balaban J connectivity index is 1.92. The van der Waals surface area contributed by atoms with Gasteiger partial charge in [0, 0.05) is 25.1 Å². The quantitative estimate of drug-likeness (QED) is 0.871. The number of phenols is 1. The van der Waals surface area contributed by atoms with Crippen LogP contribution in [0.5, 0.6) is 5.75 Å². The molecule has 1 aromatic rings. The van der Waals surface area contributed by atoms with E-state index in [0.717, 1.165) is 25.9 Å². The minimum Gasteiger partial charge on any atom is -0.505 e. The van der Waals surface area contributed by atoms with E-state index in [-0.39, 0.29) is 17.6 Å². The number of carbonyl (C=O) groups excluding carboxylic acids is 1. The van der Waals surface area contributed by atoms with E-state index in [9.17, 15) is 14.3 Å². The summed E-state index contributed by atoms with van der Waals surface area (Å²) in [6.07, 6.45) is 1.60. The Morgan fingerprint density at radius 1 is 1.47 bits per heavy atom. The first kappa shape index (κ1) is 13.8. The van der Waals surface area contributed by atoms with Gasteiger partial charge in [-0.3, -0.25) is 9.69 Å². The molecular formula is C14H19FN2O2. The van der Waals surface area contributed by atoms with Crippen LogP contribution < -0.4 is 5.32 Å². The molecule has 104 valence electrons. The second-order valence-electron chi connectivity index (χ2n) is 4.91. The summed E-state index contributed by atoms with van der Waals surface area (Å²) in [7, 11) is 1.65. The van der Waals surface area contributed by atoms with Crippen molar-refractivity contribution in [3.05, 3.63) is 29.6 Å². The summed E-state index contributed by atoms with van der Waals surface area (Å²) in [5.41, 5.74) is 0.596. The lowest BCUT2D eigenvalue weighted by Crippen LogP contribution is -2.39. The zero-order valence-corrected chi connectivity index (χ0v) is 11.0. The number of piperidine rings is 1. The molecule has 1 amide bonds. The molecule has 0 spiro atoms. The van der Waals surface area contributed by atoms with E-state index in [1.807, 2.05) is 0 Å². The largest absolute Gasteiger partial charge is 0.505 e. The molecule has 0 aliphatic carbocycles. The van der Waals surface area contributed by atoms with Crippen LogP contribution in [0.1, 0.15) is 18.4 Å². The van der Waals surface area contributed by atoms with Crippen molar-refractivity contribution in [2.45, 2.75) is 19.4 Å². The van der Waals surface area contributed by atoms with Gasteiger partial charge in [0.2, 0.25) is 5.91 Å². The fourth-order valence-electron chi connectivity index (χ4n) is 2.49. The SMILES string of the molecule is CNC(=O)C1CCN(Cc2cccc(F)c2O)CC1. The number of para-hydroxylation sites is 1. The summed E-state index contributed by atoms with van der Waals surface area (Å²) < 4.78 is 13.2. The van der Waals surface area contributed by atoms with Crippen molar-refractivity contribution in [3.8, 4) is 5.75 Å². The fourth-order valence-corrected chi connectivity index (χ4v) is 2.49. The first-order chi connectivity index (χ1) is 9.11. The summed E-state index contributed by atoms with van der Waals surface area (Å²) in [5.74, 6) is -0.690. The number of phenolic OH excluding ortho intramolecular Hbond substituents is 1. The smallest absolute Gasteiger partial charge is 0.222 e. The minimum atomic E-state index is -0.585. The molecular weight excluding hydrogens is 247 g/mol. The molecule has 0 radical (unpaired) electrons. The Hall–Kier alpha value is -1.62. The average molecular weight is 266 g/mol. The van der Waals surface area contributed by atoms with E-state index >= 15 is 0 Å². The highest BCUT2D eigenvalue weighted by atomic mass is 19.1. The van der Waals surface area contributed by atoms with E-state index in [0.29, 0.717) is 12.1 Å². The number of carbonyl (C=O) groups is 1. The van der Waals surface area contributed by atoms with Crippen LogP contribution in [-0.4, -0.2) is 36.1 Å². The van der Waals surface area contributed by atoms with Gasteiger partial charge in [-0.2, -0.15) is 0 Å². The molecule has 0 unspecified atom stereocenters. The molecule has 0 aromatic heterocycles. The number of benzene rings is 1. The predicted molar refractivity (Wildman–Crippen MR) is 70.1 cm³/mol. The molecule has 5 heteroatoms. The number of nitrogens with zero attached hydrogens (tertiary/aromatic N) is 1. The van der Waals surface area contributed by atoms with E-state index in [2.05, 4.69) is 10.2 Å². The van der Waals surface area contributed by atoms with Crippen molar-refractivity contribution >= 4 is 5.91 Å². The zero-order valence-electron chi connectivity index (χ0n) is 11.0. The van der Waals surface area contributed by atoms with Crippen molar-refractivity contribution in [2.24, 2.45) is 5.92 Å². The predicted octanol–water partition coefficient (Wildman–Crippen LogP) is 1.49. The molecule has 1 saturated heterocycles. The summed E-state index contributed by atoms with van der Waals surface area (Å²) in [4.78, 5) is 13.6. The average Bonchev–Trinajstić information content (AvgIpc) is 2.44. The first-order valence-corrected chi connectivity index (χ1v) is 6.52. The monoisotopic (exact) mass is 266 g/mol. The summed E-state index contributed by atoms with van der Waals surface area (Å²) in [5, 5.41) is 12.3. The molecule has 1 aliphatic rings. The van der Waals surface area contributed by atoms with E-state index < -0.39 is 5.82 Å². The van der Waals surface area contributed by atoms with Crippen LogP contribution in [0.4, 0.5) is 4.39 Å². The maximum absolute atomic E-state index is 13.2. The zero-order chi connectivity index (χ0) is 13.8. The number of hydrogen-bond donors (Lipinski definition) is 2. The molecule has 4 nitrogen and oxygen atoms in total. The Labute approximate surface area is 112 Å². The van der Waals surface area contributed by atoms with Gasteiger partial charge in [-0.05, 0) is 32.0 Å². The minimum absolute atomic E-state index is 0.0716. The van der Waals surface area contributed by atoms with Gasteiger partial charge in [-0.1, -0.05) is 12.1 Å². The third kappa shape index (κ3) is 3.23. The maximum Gasteiger partial charge on any atom is 0.222 e. The summed E-state index contributed by atoms with van der Waals surface area (Å²) in [6.45, 7) is 2.09. The normalized spacial score (nSPS) is 17.4. The Morgan fingerprint density at radius 3 is 2.79 bits per heavy atom. The van der Waals surface area contributed by atoms with Crippen molar-refractivity contribution in [1.82, 2.24) is 10.2 Å². The van der Waals surface area contributed by atoms with E-state index in [1.165, 1.54) is 6.07 Å². The molecule has 0 atom stereocenters. The van der Waals surface area contributed by atoms with Gasteiger partial charge in [-0.15, -0.1) is 0 Å². The number of likely N-dealkylation sites (tertiary alicyclic amines) is 1. The molecule has 0 saturated carbocycles. The lowest BCUT2D eigenvalue weighted by Gasteiger charge is -2.31. The van der Waals surface area contributed by atoms with Crippen molar-refractivity contribution in [3.63, 3.8) is 0 Å². The van der Waals surface area contributed by atoms with Gasteiger partial charge >= 0.3 is 0 Å². The third-order valence-corrected chi connectivity index (χ3v) is 3.67. The summed E-state index contributed by atoms with van der Waals surface area (Å²) >= 11 is 0. The van der Waals surface area contributed by atoms with Gasteiger partial charge in [0.05, 0.1) is 0 Å². The summed E-state index contributed by atoms with van der Waals surface area (Å²) in [6, 6.07) is 4.57. The van der Waals surface area contributed by atoms with Crippen LogP contribution in [0.3, 0.4) is 0 Å². The van der Waals surface area contributed by atoms with Crippen LogP contribution in [-0.2, 0) is 11.3 Å². The van der Waals surface area contributed by atoms with Gasteiger partial charge in [0.1, 0.15) is 0 Å². The van der Waals surface area contributed by atoms with Crippen LogP contribution in [0.2, 0.25) is 0 Å². The lowest BCUT2D eigenvalue weighted by molar-refractivity contribution is -0.125. The second-order valence-corrected chi connectivity index (χ2v) is 4.91. The lowest BCUT2D eigenvalue weighted by atomic mass is 9.95. The molecule has 1 aromatic carbocycles. The van der Waals surface area contributed by atoms with Crippen LogP contribution in [0.25, 0.3) is 0 Å². The van der Waals surface area contributed by atoms with Crippen LogP contribution >= 0.6 is 0 Å². The molecule has 19 heavy (non-hydrogen) atoms. The number of aromatic hydroxyl groups is 1. The number of amides is 1. The molecule has 0 bridgehead atoms. The standard InChI is InChI=1S/C14H19FN2O2/c1-16-14(19)10-5-7-17(8-6-10)9-11-3-2-4-12(15)13(11)18/h2-4,10,18H,5-9H2,1H3,(H,16,19). The van der Waals surface area contributed by atoms with E-state index in [1.54, 1.807) is 19.2 Å². The van der Waals surface area contributed by atoms with Crippen molar-refractivity contribution in [2.75, 3.05) is 20.1 Å². The second kappa shape index (κ2) is 6.02. The fraction of sp³-hybridized carbons (Fsp3) is 0.500. The van der Waals surface area contributed by atoms with Crippen molar-refractivity contribution < 1.29 is 14.3 Å². The van der Waals surface area contributed by atoms with Crippen molar-refractivity contribution in [1.29, 1.82) is 0 Å². The van der Waals surface area contributed by atoms with Crippen LogP contribution in [0, 0.1) is 11.7 Å². The van der Waals surface area contributed by atoms with Gasteiger partial charge < -0.3 is 10.4 Å². The Kier molecular flexibility index (Phi) is 4.37. The highest BCUT2D eigenvalue weighted by Gasteiger charge is 2.24. The highest BCUT2D eigenvalue weighted by Crippen LogP contribution is 2.25. The number of hydrogen-bond acceptors (Lipinski definition) is 3. The topological polar surface area (TPSA) is 52.6 Å². The molecule has 2 N–H and O–H groups in total. The highest BCUT2D eigenvalue weighted by molar-refractivity contribution is 5.78. The third-order valence-electron chi connectivity index (χ3n) is 3.67. The van der Waals surface area contributed by atoms with E-state index in [4.69, 9.17) is 0 Å². The number of nitrogens with one attached hydrogen (secondary N) is 1. The van der Waals surface area contributed by atoms with Crippen LogP contribution in [0.15, 0.2) is 18.2 Å². The molecule has 1 heterocycles.